The average molecular weight is 444 g/mol. The van der Waals surface area contributed by atoms with Gasteiger partial charge in [-0.15, -0.1) is 0 Å². The van der Waals surface area contributed by atoms with Crippen molar-refractivity contribution < 1.29 is 23.7 Å². The van der Waals surface area contributed by atoms with Gasteiger partial charge in [-0.1, -0.05) is 11.3 Å². The molecule has 2 aromatic carbocycles. The summed E-state index contributed by atoms with van der Waals surface area (Å²) < 4.78 is 22.5. The molecule has 3 aromatic rings. The van der Waals surface area contributed by atoms with Gasteiger partial charge in [-0.2, -0.15) is 0 Å². The lowest BCUT2D eigenvalue weighted by Crippen LogP contribution is -2.48. The van der Waals surface area contributed by atoms with E-state index in [1.807, 2.05) is 17.0 Å². The molecule has 0 saturated carbocycles. The van der Waals surface area contributed by atoms with Gasteiger partial charge in [0.1, 0.15) is 17.0 Å². The highest BCUT2D eigenvalue weighted by molar-refractivity contribution is 7.22. The van der Waals surface area contributed by atoms with Crippen molar-refractivity contribution >= 4 is 32.6 Å². The minimum Gasteiger partial charge on any atom is -0.497 e. The van der Waals surface area contributed by atoms with Crippen LogP contribution in [0.2, 0.25) is 0 Å². The predicted octanol–water partition coefficient (Wildman–Crippen LogP) is 3.29. The fourth-order valence-electron chi connectivity index (χ4n) is 3.68. The molecular formula is C22H25N3O5S. The van der Waals surface area contributed by atoms with E-state index in [2.05, 4.69) is 4.90 Å². The number of carbonyl (C=O) groups is 1. The van der Waals surface area contributed by atoms with Crippen LogP contribution in [0.25, 0.3) is 10.2 Å². The Kier molecular flexibility index (Phi) is 6.03. The molecule has 2 heterocycles. The molecule has 0 atom stereocenters. The summed E-state index contributed by atoms with van der Waals surface area (Å²) in [5.41, 5.74) is 1.33. The SMILES string of the molecule is COc1ccc(C(=O)N2CCN(c3nc4c(OC)c(OC)ccc4s3)CC2)c(OC)c1. The van der Waals surface area contributed by atoms with Crippen molar-refractivity contribution in [2.75, 3.05) is 59.5 Å². The van der Waals surface area contributed by atoms with Crippen molar-refractivity contribution in [3.05, 3.63) is 35.9 Å². The van der Waals surface area contributed by atoms with Gasteiger partial charge in [-0.05, 0) is 24.3 Å². The summed E-state index contributed by atoms with van der Waals surface area (Å²) in [5, 5.41) is 0.913. The van der Waals surface area contributed by atoms with Gasteiger partial charge in [-0.3, -0.25) is 4.79 Å². The monoisotopic (exact) mass is 443 g/mol. The number of anilines is 1. The number of aromatic nitrogens is 1. The van der Waals surface area contributed by atoms with Gasteiger partial charge in [0.15, 0.2) is 16.6 Å². The van der Waals surface area contributed by atoms with E-state index in [4.69, 9.17) is 23.9 Å². The summed E-state index contributed by atoms with van der Waals surface area (Å²) in [6.07, 6.45) is 0. The van der Waals surface area contributed by atoms with Crippen molar-refractivity contribution in [1.82, 2.24) is 9.88 Å². The van der Waals surface area contributed by atoms with E-state index in [0.29, 0.717) is 54.7 Å². The minimum absolute atomic E-state index is 0.0464. The summed E-state index contributed by atoms with van der Waals surface area (Å²) in [5.74, 6) is 2.42. The van der Waals surface area contributed by atoms with Gasteiger partial charge in [0, 0.05) is 32.2 Å². The van der Waals surface area contributed by atoms with E-state index in [-0.39, 0.29) is 5.91 Å². The average Bonchev–Trinajstić information content (AvgIpc) is 3.27. The number of ether oxygens (including phenoxy) is 4. The molecule has 0 bridgehead atoms. The first-order valence-electron chi connectivity index (χ1n) is 9.87. The van der Waals surface area contributed by atoms with E-state index in [1.54, 1.807) is 58.0 Å². The molecule has 164 valence electrons. The number of amides is 1. The summed E-state index contributed by atoms with van der Waals surface area (Å²) in [6.45, 7) is 2.60. The molecule has 8 nitrogen and oxygen atoms in total. The van der Waals surface area contributed by atoms with Crippen LogP contribution >= 0.6 is 11.3 Å². The van der Waals surface area contributed by atoms with Gasteiger partial charge in [0.2, 0.25) is 0 Å². The molecule has 0 aliphatic carbocycles. The number of nitrogens with zero attached hydrogens (tertiary/aromatic N) is 3. The number of piperazine rings is 1. The first-order chi connectivity index (χ1) is 15.1. The second kappa shape index (κ2) is 8.89. The van der Waals surface area contributed by atoms with Crippen LogP contribution in [-0.4, -0.2) is 70.4 Å². The highest BCUT2D eigenvalue weighted by atomic mass is 32.1. The molecule has 1 aliphatic heterocycles. The Morgan fingerprint density at radius 1 is 0.903 bits per heavy atom. The zero-order valence-electron chi connectivity index (χ0n) is 18.0. The van der Waals surface area contributed by atoms with Crippen LogP contribution in [-0.2, 0) is 0 Å². The third-order valence-corrected chi connectivity index (χ3v) is 6.45. The molecular weight excluding hydrogens is 418 g/mol. The van der Waals surface area contributed by atoms with Gasteiger partial charge < -0.3 is 28.7 Å². The molecule has 1 aromatic heterocycles. The summed E-state index contributed by atoms with van der Waals surface area (Å²) in [6, 6.07) is 9.14. The standard InChI is InChI=1S/C22H25N3O5S/c1-27-14-5-6-15(17(13-14)29-3)21(26)24-9-11-25(12-10-24)22-23-19-18(31-22)8-7-16(28-2)20(19)30-4/h5-8,13H,9-12H2,1-4H3. The number of rotatable bonds is 6. The van der Waals surface area contributed by atoms with Crippen LogP contribution in [0.4, 0.5) is 5.13 Å². The number of carbonyl (C=O) groups excluding carboxylic acids is 1. The van der Waals surface area contributed by atoms with Crippen molar-refractivity contribution in [2.45, 2.75) is 0 Å². The zero-order chi connectivity index (χ0) is 22.0. The Morgan fingerprint density at radius 2 is 1.65 bits per heavy atom. The normalized spacial score (nSPS) is 13.9. The maximum Gasteiger partial charge on any atom is 0.257 e. The molecule has 1 fully saturated rings. The largest absolute Gasteiger partial charge is 0.497 e. The molecule has 9 heteroatoms. The van der Waals surface area contributed by atoms with Gasteiger partial charge in [0.25, 0.3) is 5.91 Å². The van der Waals surface area contributed by atoms with Crippen LogP contribution in [0.5, 0.6) is 23.0 Å². The van der Waals surface area contributed by atoms with Crippen molar-refractivity contribution in [3.63, 3.8) is 0 Å². The fourth-order valence-corrected chi connectivity index (χ4v) is 4.70. The lowest BCUT2D eigenvalue weighted by molar-refractivity contribution is 0.0743. The van der Waals surface area contributed by atoms with Crippen LogP contribution in [0.3, 0.4) is 0 Å². The Labute approximate surface area is 184 Å². The quantitative estimate of drug-likeness (QED) is 0.579. The highest BCUT2D eigenvalue weighted by Gasteiger charge is 2.26. The van der Waals surface area contributed by atoms with Gasteiger partial charge >= 0.3 is 0 Å². The minimum atomic E-state index is -0.0464. The van der Waals surface area contributed by atoms with Crippen LogP contribution < -0.4 is 23.8 Å². The highest BCUT2D eigenvalue weighted by Crippen LogP contribution is 2.40. The molecule has 1 saturated heterocycles. The predicted molar refractivity (Wildman–Crippen MR) is 120 cm³/mol. The van der Waals surface area contributed by atoms with Gasteiger partial charge in [-0.25, -0.2) is 4.98 Å². The maximum absolute atomic E-state index is 13.1. The number of fused-ring (bicyclic) bond motifs is 1. The number of methoxy groups -OCH3 is 4. The molecule has 4 rings (SSSR count). The Morgan fingerprint density at radius 3 is 2.29 bits per heavy atom. The Balaban J connectivity index is 1.49. The number of hydrogen-bond donors (Lipinski definition) is 0. The van der Waals surface area contributed by atoms with Crippen LogP contribution in [0.1, 0.15) is 10.4 Å². The zero-order valence-corrected chi connectivity index (χ0v) is 18.8. The first kappa shape index (κ1) is 21.0. The number of thiazole rings is 1. The van der Waals surface area contributed by atoms with E-state index in [0.717, 1.165) is 15.3 Å². The molecule has 0 radical (unpaired) electrons. The van der Waals surface area contributed by atoms with Crippen LogP contribution in [0.15, 0.2) is 30.3 Å². The summed E-state index contributed by atoms with van der Waals surface area (Å²) in [4.78, 5) is 21.9. The van der Waals surface area contributed by atoms with E-state index in [1.165, 1.54) is 0 Å². The molecule has 0 unspecified atom stereocenters. The first-order valence-corrected chi connectivity index (χ1v) is 10.7. The molecule has 1 amide bonds. The van der Waals surface area contributed by atoms with Crippen molar-refractivity contribution in [2.24, 2.45) is 0 Å². The number of hydrogen-bond acceptors (Lipinski definition) is 8. The fraction of sp³-hybridized carbons (Fsp3) is 0.364. The third-order valence-electron chi connectivity index (χ3n) is 5.37. The molecule has 31 heavy (non-hydrogen) atoms. The van der Waals surface area contributed by atoms with E-state index >= 15 is 0 Å². The van der Waals surface area contributed by atoms with E-state index in [9.17, 15) is 4.79 Å². The summed E-state index contributed by atoms with van der Waals surface area (Å²) in [7, 11) is 6.38. The Hall–Kier alpha value is -3.20. The molecule has 1 aliphatic rings. The topological polar surface area (TPSA) is 73.4 Å². The third kappa shape index (κ3) is 3.93. The second-order valence-corrected chi connectivity index (χ2v) is 8.00. The van der Waals surface area contributed by atoms with E-state index < -0.39 is 0 Å². The Bertz CT molecular complexity index is 1090. The lowest BCUT2D eigenvalue weighted by atomic mass is 10.1. The van der Waals surface area contributed by atoms with Gasteiger partial charge in [0.05, 0.1) is 38.7 Å². The molecule has 0 spiro atoms. The van der Waals surface area contributed by atoms with Crippen LogP contribution in [0, 0.1) is 0 Å². The second-order valence-electron chi connectivity index (χ2n) is 6.99. The van der Waals surface area contributed by atoms with Crippen molar-refractivity contribution in [3.8, 4) is 23.0 Å². The van der Waals surface area contributed by atoms with Crippen molar-refractivity contribution in [1.29, 1.82) is 0 Å². The molecule has 0 N–H and O–H groups in total. The maximum atomic E-state index is 13.1. The summed E-state index contributed by atoms with van der Waals surface area (Å²) >= 11 is 1.61. The number of benzene rings is 2. The lowest BCUT2D eigenvalue weighted by Gasteiger charge is -2.34. The smallest absolute Gasteiger partial charge is 0.257 e.